The Bertz CT molecular complexity index is 822. The Kier molecular flexibility index (Phi) is 4.61. The van der Waals surface area contributed by atoms with Gasteiger partial charge in [-0.1, -0.05) is 24.3 Å². The van der Waals surface area contributed by atoms with E-state index in [4.69, 9.17) is 0 Å². The Balaban J connectivity index is 1.95. The summed E-state index contributed by atoms with van der Waals surface area (Å²) in [5.74, 6) is 0. The summed E-state index contributed by atoms with van der Waals surface area (Å²) >= 11 is 0. The van der Waals surface area contributed by atoms with Gasteiger partial charge in [0.2, 0.25) is 0 Å². The molecule has 3 aromatic carbocycles. The maximum absolute atomic E-state index is 3.56. The van der Waals surface area contributed by atoms with Crippen molar-refractivity contribution < 1.29 is 0 Å². The third kappa shape index (κ3) is 3.16. The summed E-state index contributed by atoms with van der Waals surface area (Å²) in [7, 11) is 6.27. The smallest absolute Gasteiger partial charge is 0.0465 e. The molecule has 0 spiro atoms. The van der Waals surface area contributed by atoms with Crippen LogP contribution in [0, 0.1) is 0 Å². The van der Waals surface area contributed by atoms with Crippen molar-refractivity contribution in [1.82, 2.24) is 0 Å². The lowest BCUT2D eigenvalue weighted by molar-refractivity contribution is 0.968. The second kappa shape index (κ2) is 6.83. The predicted octanol–water partition coefficient (Wildman–Crippen LogP) is 5.11. The maximum atomic E-state index is 3.56. The monoisotopic (exact) mass is 319 g/mol. The van der Waals surface area contributed by atoms with Gasteiger partial charge in [0.25, 0.3) is 0 Å². The van der Waals surface area contributed by atoms with Gasteiger partial charge in [0, 0.05) is 61.2 Å². The first-order chi connectivity index (χ1) is 11.6. The molecule has 0 aliphatic heterocycles. The molecule has 0 radical (unpaired) electrons. The van der Waals surface area contributed by atoms with Crippen LogP contribution in [0.2, 0.25) is 0 Å². The highest BCUT2D eigenvalue weighted by molar-refractivity contribution is 6.02. The van der Waals surface area contributed by atoms with Gasteiger partial charge < -0.3 is 15.1 Å². The van der Waals surface area contributed by atoms with Gasteiger partial charge in [-0.15, -0.1) is 0 Å². The molecule has 0 amide bonds. The van der Waals surface area contributed by atoms with E-state index < -0.39 is 0 Å². The topological polar surface area (TPSA) is 18.5 Å². The Morgan fingerprint density at radius 1 is 0.792 bits per heavy atom. The summed E-state index contributed by atoms with van der Waals surface area (Å²) in [6, 6.07) is 21.4. The largest absolute Gasteiger partial charge is 0.377 e. The number of hydrogen-bond donors (Lipinski definition) is 1. The molecule has 3 nitrogen and oxygen atoms in total. The van der Waals surface area contributed by atoms with E-state index in [0.717, 1.165) is 17.9 Å². The molecule has 3 heteroatoms. The van der Waals surface area contributed by atoms with Crippen LogP contribution in [0.15, 0.2) is 60.7 Å². The molecule has 124 valence electrons. The fourth-order valence-electron chi connectivity index (χ4n) is 2.92. The first-order valence-electron chi connectivity index (χ1n) is 8.37. The van der Waals surface area contributed by atoms with Crippen molar-refractivity contribution in [2.75, 3.05) is 42.8 Å². The Morgan fingerprint density at radius 2 is 1.46 bits per heavy atom. The standard InChI is InChI=1S/C21H25N3/c1-5-24(4)17-12-10-16(11-13-17)22-20-14-15-21(23(2)3)19-9-7-6-8-18(19)20/h6-15,22H,5H2,1-4H3. The molecule has 3 aromatic rings. The second-order valence-electron chi connectivity index (χ2n) is 6.26. The van der Waals surface area contributed by atoms with Crippen LogP contribution in [0.4, 0.5) is 22.7 Å². The summed E-state index contributed by atoms with van der Waals surface area (Å²) in [4.78, 5) is 4.38. The van der Waals surface area contributed by atoms with Gasteiger partial charge in [-0.3, -0.25) is 0 Å². The lowest BCUT2D eigenvalue weighted by Crippen LogP contribution is -2.15. The number of benzene rings is 3. The summed E-state index contributed by atoms with van der Waals surface area (Å²) in [5.41, 5.74) is 4.70. The van der Waals surface area contributed by atoms with Crippen molar-refractivity contribution in [2.24, 2.45) is 0 Å². The molecular formula is C21H25N3. The predicted molar refractivity (Wildman–Crippen MR) is 107 cm³/mol. The highest BCUT2D eigenvalue weighted by atomic mass is 15.1. The summed E-state index contributed by atoms with van der Waals surface area (Å²) in [6.45, 7) is 3.16. The van der Waals surface area contributed by atoms with Crippen LogP contribution in [-0.2, 0) is 0 Å². The first kappa shape index (κ1) is 16.2. The number of anilines is 4. The number of hydrogen-bond acceptors (Lipinski definition) is 3. The minimum Gasteiger partial charge on any atom is -0.377 e. The molecule has 0 aromatic heterocycles. The molecule has 0 fully saturated rings. The zero-order valence-corrected chi connectivity index (χ0v) is 14.9. The maximum Gasteiger partial charge on any atom is 0.0465 e. The van der Waals surface area contributed by atoms with Crippen LogP contribution in [0.3, 0.4) is 0 Å². The zero-order chi connectivity index (χ0) is 17.1. The third-order valence-corrected chi connectivity index (χ3v) is 4.44. The number of fused-ring (bicyclic) bond motifs is 1. The van der Waals surface area contributed by atoms with Crippen LogP contribution >= 0.6 is 0 Å². The zero-order valence-electron chi connectivity index (χ0n) is 14.9. The fourth-order valence-corrected chi connectivity index (χ4v) is 2.92. The van der Waals surface area contributed by atoms with E-state index in [2.05, 4.69) is 104 Å². The molecule has 0 saturated heterocycles. The quantitative estimate of drug-likeness (QED) is 0.705. The number of nitrogens with zero attached hydrogens (tertiary/aromatic N) is 2. The average Bonchev–Trinajstić information content (AvgIpc) is 2.61. The van der Waals surface area contributed by atoms with E-state index in [9.17, 15) is 0 Å². The van der Waals surface area contributed by atoms with E-state index in [1.54, 1.807) is 0 Å². The van der Waals surface area contributed by atoms with E-state index in [0.29, 0.717) is 0 Å². The van der Waals surface area contributed by atoms with E-state index in [-0.39, 0.29) is 0 Å². The highest BCUT2D eigenvalue weighted by Crippen LogP contribution is 2.33. The highest BCUT2D eigenvalue weighted by Gasteiger charge is 2.07. The molecule has 1 N–H and O–H groups in total. The lowest BCUT2D eigenvalue weighted by Gasteiger charge is -2.19. The van der Waals surface area contributed by atoms with Gasteiger partial charge in [-0.05, 0) is 43.3 Å². The Labute approximate surface area is 144 Å². The number of nitrogens with one attached hydrogen (secondary N) is 1. The van der Waals surface area contributed by atoms with Crippen LogP contribution < -0.4 is 15.1 Å². The molecule has 24 heavy (non-hydrogen) atoms. The van der Waals surface area contributed by atoms with E-state index >= 15 is 0 Å². The van der Waals surface area contributed by atoms with Gasteiger partial charge in [0.1, 0.15) is 0 Å². The minimum absolute atomic E-state index is 1.00. The van der Waals surface area contributed by atoms with E-state index in [1.807, 2.05) is 0 Å². The van der Waals surface area contributed by atoms with Gasteiger partial charge in [0.15, 0.2) is 0 Å². The first-order valence-corrected chi connectivity index (χ1v) is 8.37. The molecular weight excluding hydrogens is 294 g/mol. The molecule has 0 unspecified atom stereocenters. The van der Waals surface area contributed by atoms with Crippen molar-refractivity contribution in [3.8, 4) is 0 Å². The number of rotatable bonds is 5. The third-order valence-electron chi connectivity index (χ3n) is 4.44. The van der Waals surface area contributed by atoms with Gasteiger partial charge in [-0.25, -0.2) is 0 Å². The van der Waals surface area contributed by atoms with Crippen LogP contribution in [-0.4, -0.2) is 27.7 Å². The van der Waals surface area contributed by atoms with Crippen LogP contribution in [0.1, 0.15) is 6.92 Å². The molecule has 0 bridgehead atoms. The van der Waals surface area contributed by atoms with Crippen molar-refractivity contribution in [2.45, 2.75) is 6.92 Å². The Morgan fingerprint density at radius 3 is 2.08 bits per heavy atom. The Hall–Kier alpha value is -2.68. The molecule has 3 rings (SSSR count). The van der Waals surface area contributed by atoms with Crippen molar-refractivity contribution >= 4 is 33.5 Å². The van der Waals surface area contributed by atoms with E-state index in [1.165, 1.54) is 22.1 Å². The molecule has 0 heterocycles. The summed E-state index contributed by atoms with van der Waals surface area (Å²) in [6.07, 6.45) is 0. The molecule has 0 aliphatic rings. The van der Waals surface area contributed by atoms with Crippen molar-refractivity contribution in [3.63, 3.8) is 0 Å². The SMILES string of the molecule is CCN(C)c1ccc(Nc2ccc(N(C)C)c3ccccc23)cc1. The summed E-state index contributed by atoms with van der Waals surface area (Å²) < 4.78 is 0. The van der Waals surface area contributed by atoms with Crippen molar-refractivity contribution in [1.29, 1.82) is 0 Å². The normalized spacial score (nSPS) is 10.7. The van der Waals surface area contributed by atoms with Crippen molar-refractivity contribution in [3.05, 3.63) is 60.7 Å². The lowest BCUT2D eigenvalue weighted by atomic mass is 10.1. The van der Waals surface area contributed by atoms with Gasteiger partial charge in [0.05, 0.1) is 0 Å². The van der Waals surface area contributed by atoms with Crippen LogP contribution in [0.5, 0.6) is 0 Å². The second-order valence-corrected chi connectivity index (χ2v) is 6.26. The fraction of sp³-hybridized carbons (Fsp3) is 0.238. The molecule has 0 atom stereocenters. The average molecular weight is 319 g/mol. The van der Waals surface area contributed by atoms with Gasteiger partial charge >= 0.3 is 0 Å². The minimum atomic E-state index is 1.00. The van der Waals surface area contributed by atoms with Crippen LogP contribution in [0.25, 0.3) is 10.8 Å². The summed E-state index contributed by atoms with van der Waals surface area (Å²) in [5, 5.41) is 6.05. The van der Waals surface area contributed by atoms with Gasteiger partial charge in [-0.2, -0.15) is 0 Å². The molecule has 0 aliphatic carbocycles. The molecule has 0 saturated carbocycles.